The molecule has 0 bridgehead atoms. The smallest absolute Gasteiger partial charge is 0.232 e. The molecule has 0 spiro atoms. The number of amides is 1. The molecule has 1 aliphatic heterocycles. The average Bonchev–Trinajstić information content (AvgIpc) is 2.73. The third-order valence-corrected chi connectivity index (χ3v) is 4.96. The van der Waals surface area contributed by atoms with E-state index in [4.69, 9.17) is 9.47 Å². The van der Waals surface area contributed by atoms with Crippen LogP contribution < -0.4 is 14.4 Å². The van der Waals surface area contributed by atoms with Crippen molar-refractivity contribution in [2.24, 2.45) is 0 Å². The van der Waals surface area contributed by atoms with E-state index < -0.39 is 0 Å². The first kappa shape index (κ1) is 17.2. The van der Waals surface area contributed by atoms with Gasteiger partial charge in [0.05, 0.1) is 26.7 Å². The van der Waals surface area contributed by atoms with Crippen molar-refractivity contribution in [3.8, 4) is 11.5 Å². The second kappa shape index (κ2) is 7.16. The van der Waals surface area contributed by atoms with Crippen molar-refractivity contribution in [1.29, 1.82) is 0 Å². The fraction of sp³-hybridized carbons (Fsp3) is 0.174. The highest BCUT2D eigenvalue weighted by Crippen LogP contribution is 2.43. The van der Waals surface area contributed by atoms with Crippen LogP contribution in [0, 0.1) is 0 Å². The van der Waals surface area contributed by atoms with Crippen molar-refractivity contribution >= 4 is 11.6 Å². The van der Waals surface area contributed by atoms with Crippen molar-refractivity contribution in [2.45, 2.75) is 12.5 Å². The quantitative estimate of drug-likeness (QED) is 0.694. The van der Waals surface area contributed by atoms with E-state index in [9.17, 15) is 4.79 Å². The van der Waals surface area contributed by atoms with Crippen molar-refractivity contribution in [2.75, 3.05) is 19.1 Å². The van der Waals surface area contributed by atoms with E-state index in [0.717, 1.165) is 22.4 Å². The van der Waals surface area contributed by atoms with E-state index in [1.54, 1.807) is 14.2 Å². The van der Waals surface area contributed by atoms with Crippen LogP contribution in [0.1, 0.15) is 22.7 Å². The molecule has 1 unspecified atom stereocenters. The summed E-state index contributed by atoms with van der Waals surface area (Å²) >= 11 is 0. The standard InChI is InChI=1S/C23H21NO3/c1-26-20-13-17-14-22(25)24(18-11-7-4-8-12-18)23(16-9-5-3-6-10-16)19(17)15-21(20)27-2/h3-13,15,23H,14H2,1-2H3. The maximum atomic E-state index is 13.1. The minimum Gasteiger partial charge on any atom is -0.493 e. The highest BCUT2D eigenvalue weighted by atomic mass is 16.5. The second-order valence-electron chi connectivity index (χ2n) is 6.50. The fourth-order valence-corrected chi connectivity index (χ4v) is 3.72. The highest BCUT2D eigenvalue weighted by Gasteiger charge is 2.35. The van der Waals surface area contributed by atoms with Crippen molar-refractivity contribution < 1.29 is 14.3 Å². The fourth-order valence-electron chi connectivity index (χ4n) is 3.72. The summed E-state index contributed by atoms with van der Waals surface area (Å²) in [6.45, 7) is 0. The Kier molecular flexibility index (Phi) is 4.55. The Morgan fingerprint density at radius 2 is 1.44 bits per heavy atom. The molecule has 0 aliphatic carbocycles. The number of carbonyl (C=O) groups excluding carboxylic acids is 1. The van der Waals surface area contributed by atoms with Crippen LogP contribution in [0.5, 0.6) is 11.5 Å². The van der Waals surface area contributed by atoms with Crippen LogP contribution in [0.2, 0.25) is 0 Å². The Morgan fingerprint density at radius 1 is 0.852 bits per heavy atom. The van der Waals surface area contributed by atoms with E-state index in [1.165, 1.54) is 0 Å². The minimum absolute atomic E-state index is 0.0646. The van der Waals surface area contributed by atoms with Crippen LogP contribution in [-0.4, -0.2) is 20.1 Å². The van der Waals surface area contributed by atoms with Gasteiger partial charge in [0, 0.05) is 5.69 Å². The van der Waals surface area contributed by atoms with E-state index in [1.807, 2.05) is 65.6 Å². The van der Waals surface area contributed by atoms with Gasteiger partial charge in [-0.2, -0.15) is 0 Å². The number of ether oxygens (including phenoxy) is 2. The molecular formula is C23H21NO3. The number of rotatable bonds is 4. The number of anilines is 1. The topological polar surface area (TPSA) is 38.8 Å². The summed E-state index contributed by atoms with van der Waals surface area (Å²) in [6, 6.07) is 23.6. The molecule has 4 heteroatoms. The number of para-hydroxylation sites is 1. The van der Waals surface area contributed by atoms with Crippen LogP contribution in [0.15, 0.2) is 72.8 Å². The molecule has 27 heavy (non-hydrogen) atoms. The predicted octanol–water partition coefficient (Wildman–Crippen LogP) is 4.38. The maximum Gasteiger partial charge on any atom is 0.232 e. The first-order chi connectivity index (χ1) is 13.2. The lowest BCUT2D eigenvalue weighted by molar-refractivity contribution is -0.118. The number of hydrogen-bond donors (Lipinski definition) is 0. The van der Waals surface area contributed by atoms with Gasteiger partial charge in [-0.15, -0.1) is 0 Å². The Hall–Kier alpha value is -3.27. The summed E-state index contributed by atoms with van der Waals surface area (Å²) in [6.07, 6.45) is 0.327. The predicted molar refractivity (Wildman–Crippen MR) is 105 cm³/mol. The average molecular weight is 359 g/mol. The zero-order chi connectivity index (χ0) is 18.8. The van der Waals surface area contributed by atoms with E-state index >= 15 is 0 Å². The molecule has 4 nitrogen and oxygen atoms in total. The normalized spacial score (nSPS) is 16.0. The largest absolute Gasteiger partial charge is 0.493 e. The number of hydrogen-bond acceptors (Lipinski definition) is 3. The first-order valence-electron chi connectivity index (χ1n) is 8.89. The van der Waals surface area contributed by atoms with Gasteiger partial charge in [0.15, 0.2) is 11.5 Å². The lowest BCUT2D eigenvalue weighted by atomic mass is 9.87. The first-order valence-corrected chi connectivity index (χ1v) is 8.89. The van der Waals surface area contributed by atoms with Gasteiger partial charge in [0.25, 0.3) is 0 Å². The molecular weight excluding hydrogens is 338 g/mol. The summed E-state index contributed by atoms with van der Waals surface area (Å²) in [5.74, 6) is 1.37. The van der Waals surface area contributed by atoms with Gasteiger partial charge < -0.3 is 14.4 Å². The molecule has 0 fully saturated rings. The monoisotopic (exact) mass is 359 g/mol. The van der Waals surface area contributed by atoms with Crippen LogP contribution in [-0.2, 0) is 11.2 Å². The Morgan fingerprint density at radius 3 is 2.07 bits per heavy atom. The van der Waals surface area contributed by atoms with Crippen LogP contribution >= 0.6 is 0 Å². The minimum atomic E-state index is -0.218. The zero-order valence-electron chi connectivity index (χ0n) is 15.4. The van der Waals surface area contributed by atoms with Gasteiger partial charge in [-0.25, -0.2) is 0 Å². The number of methoxy groups -OCH3 is 2. The van der Waals surface area contributed by atoms with Gasteiger partial charge >= 0.3 is 0 Å². The SMILES string of the molecule is COc1cc2c(cc1OC)C(c1ccccc1)N(c1ccccc1)C(=O)C2. The van der Waals surface area contributed by atoms with Crippen LogP contribution in [0.25, 0.3) is 0 Å². The van der Waals surface area contributed by atoms with Gasteiger partial charge in [-0.1, -0.05) is 48.5 Å². The van der Waals surface area contributed by atoms with Crippen molar-refractivity contribution in [3.63, 3.8) is 0 Å². The van der Waals surface area contributed by atoms with Crippen LogP contribution in [0.3, 0.4) is 0 Å². The highest BCUT2D eigenvalue weighted by molar-refractivity contribution is 5.98. The number of carbonyl (C=O) groups is 1. The third kappa shape index (κ3) is 3.04. The molecule has 3 aromatic rings. The molecule has 4 rings (SSSR count). The molecule has 0 N–H and O–H groups in total. The van der Waals surface area contributed by atoms with Crippen LogP contribution in [0.4, 0.5) is 5.69 Å². The van der Waals surface area contributed by atoms with Gasteiger partial charge in [0.2, 0.25) is 5.91 Å². The summed E-state index contributed by atoms with van der Waals surface area (Å²) in [7, 11) is 3.24. The summed E-state index contributed by atoms with van der Waals surface area (Å²) in [5.41, 5.74) is 3.97. The zero-order valence-corrected chi connectivity index (χ0v) is 15.4. The Balaban J connectivity index is 1.94. The maximum absolute atomic E-state index is 13.1. The number of benzene rings is 3. The molecule has 1 amide bonds. The molecule has 1 aliphatic rings. The van der Waals surface area contributed by atoms with Gasteiger partial charge in [0.1, 0.15) is 0 Å². The summed E-state index contributed by atoms with van der Waals surface area (Å²) < 4.78 is 11.0. The van der Waals surface area contributed by atoms with Crippen molar-refractivity contribution in [1.82, 2.24) is 0 Å². The second-order valence-corrected chi connectivity index (χ2v) is 6.50. The molecule has 3 aromatic carbocycles. The van der Waals surface area contributed by atoms with Gasteiger partial charge in [-0.05, 0) is 41.0 Å². The van der Waals surface area contributed by atoms with E-state index in [2.05, 4.69) is 12.1 Å². The summed E-state index contributed by atoms with van der Waals surface area (Å²) in [5, 5.41) is 0. The lowest BCUT2D eigenvalue weighted by Crippen LogP contribution is -2.41. The van der Waals surface area contributed by atoms with Gasteiger partial charge in [-0.3, -0.25) is 4.79 Å². The number of nitrogens with zero attached hydrogens (tertiary/aromatic N) is 1. The third-order valence-electron chi connectivity index (χ3n) is 4.96. The molecule has 0 saturated heterocycles. The van der Waals surface area contributed by atoms with E-state index in [0.29, 0.717) is 17.9 Å². The molecule has 1 atom stereocenters. The van der Waals surface area contributed by atoms with Crippen molar-refractivity contribution in [3.05, 3.63) is 89.5 Å². The molecule has 0 radical (unpaired) electrons. The Labute approximate surface area is 159 Å². The molecule has 1 heterocycles. The number of fused-ring (bicyclic) bond motifs is 1. The molecule has 136 valence electrons. The molecule has 0 aromatic heterocycles. The summed E-state index contributed by atoms with van der Waals surface area (Å²) in [4.78, 5) is 15.0. The molecule has 0 saturated carbocycles. The lowest BCUT2D eigenvalue weighted by Gasteiger charge is -2.38. The Bertz CT molecular complexity index is 954. The van der Waals surface area contributed by atoms with E-state index in [-0.39, 0.29) is 11.9 Å².